The standard InChI is InChI=1S/C20H25FN2O4S/c1-4-19(23(28(3,25)26)17-10-8-16(21)9-11-17)20(24)22-12-13-27-18-7-5-6-15(2)14-18/h5-11,14,19H,4,12-13H2,1-3H3,(H,22,24)/t19-/m0/s1. The van der Waals surface area contributed by atoms with Crippen molar-refractivity contribution in [3.8, 4) is 5.75 Å². The molecule has 0 aromatic heterocycles. The topological polar surface area (TPSA) is 75.7 Å². The number of nitrogens with one attached hydrogen (secondary N) is 1. The van der Waals surface area contributed by atoms with E-state index in [1.807, 2.05) is 31.2 Å². The van der Waals surface area contributed by atoms with Crippen LogP contribution in [0.5, 0.6) is 5.75 Å². The summed E-state index contributed by atoms with van der Waals surface area (Å²) in [5.41, 5.74) is 1.30. The summed E-state index contributed by atoms with van der Waals surface area (Å²) in [4.78, 5) is 12.6. The molecule has 2 rings (SSSR count). The van der Waals surface area contributed by atoms with Crippen molar-refractivity contribution in [3.05, 3.63) is 59.9 Å². The second-order valence-corrected chi connectivity index (χ2v) is 8.27. The Bertz CT molecular complexity index is 901. The number of benzene rings is 2. The minimum Gasteiger partial charge on any atom is -0.492 e. The minimum absolute atomic E-state index is 0.226. The first-order chi connectivity index (χ1) is 13.2. The minimum atomic E-state index is -3.75. The Morgan fingerprint density at radius 1 is 1.21 bits per heavy atom. The van der Waals surface area contributed by atoms with Gasteiger partial charge in [-0.25, -0.2) is 12.8 Å². The van der Waals surface area contributed by atoms with Crippen LogP contribution in [0, 0.1) is 12.7 Å². The van der Waals surface area contributed by atoms with Gasteiger partial charge < -0.3 is 10.1 Å². The summed E-state index contributed by atoms with van der Waals surface area (Å²) in [5, 5.41) is 2.71. The molecule has 0 aliphatic heterocycles. The average Bonchev–Trinajstić information content (AvgIpc) is 2.63. The molecule has 2 aromatic rings. The molecule has 1 amide bonds. The number of sulfonamides is 1. The second kappa shape index (κ2) is 9.54. The fraction of sp³-hybridized carbons (Fsp3) is 0.350. The lowest BCUT2D eigenvalue weighted by Crippen LogP contribution is -2.50. The Labute approximate surface area is 165 Å². The molecule has 0 saturated carbocycles. The third-order valence-corrected chi connectivity index (χ3v) is 5.25. The monoisotopic (exact) mass is 408 g/mol. The first-order valence-electron chi connectivity index (χ1n) is 8.94. The van der Waals surface area contributed by atoms with E-state index in [0.29, 0.717) is 5.75 Å². The van der Waals surface area contributed by atoms with Gasteiger partial charge in [0.05, 0.1) is 18.5 Å². The lowest BCUT2D eigenvalue weighted by molar-refractivity contribution is -0.122. The quantitative estimate of drug-likeness (QED) is 0.648. The number of carbonyl (C=O) groups is 1. The highest BCUT2D eigenvalue weighted by Gasteiger charge is 2.31. The van der Waals surface area contributed by atoms with E-state index < -0.39 is 27.8 Å². The van der Waals surface area contributed by atoms with Crippen LogP contribution >= 0.6 is 0 Å². The molecule has 0 unspecified atom stereocenters. The molecule has 2 aromatic carbocycles. The maximum absolute atomic E-state index is 13.2. The number of halogens is 1. The van der Waals surface area contributed by atoms with Gasteiger partial charge in [-0.1, -0.05) is 19.1 Å². The molecule has 0 aliphatic carbocycles. The van der Waals surface area contributed by atoms with Crippen LogP contribution in [0.15, 0.2) is 48.5 Å². The van der Waals surface area contributed by atoms with Crippen LogP contribution in [0.3, 0.4) is 0 Å². The normalized spacial score (nSPS) is 12.3. The van der Waals surface area contributed by atoms with Gasteiger partial charge in [0.1, 0.15) is 24.2 Å². The van der Waals surface area contributed by atoms with E-state index in [-0.39, 0.29) is 25.3 Å². The van der Waals surface area contributed by atoms with Crippen molar-refractivity contribution in [1.29, 1.82) is 0 Å². The number of amides is 1. The van der Waals surface area contributed by atoms with Crippen molar-refractivity contribution in [2.45, 2.75) is 26.3 Å². The molecule has 152 valence electrons. The third-order valence-electron chi connectivity index (χ3n) is 4.07. The van der Waals surface area contributed by atoms with Crippen molar-refractivity contribution in [1.82, 2.24) is 5.32 Å². The van der Waals surface area contributed by atoms with Gasteiger partial charge in [-0.2, -0.15) is 0 Å². The van der Waals surface area contributed by atoms with Crippen LogP contribution in [0.25, 0.3) is 0 Å². The van der Waals surface area contributed by atoms with E-state index in [1.54, 1.807) is 6.92 Å². The molecule has 0 bridgehead atoms. The van der Waals surface area contributed by atoms with E-state index in [9.17, 15) is 17.6 Å². The number of nitrogens with zero attached hydrogens (tertiary/aromatic N) is 1. The molecule has 0 fully saturated rings. The summed E-state index contributed by atoms with van der Waals surface area (Å²) < 4.78 is 44.4. The molecule has 0 radical (unpaired) electrons. The van der Waals surface area contributed by atoms with Gasteiger partial charge in [-0.3, -0.25) is 9.10 Å². The van der Waals surface area contributed by atoms with Crippen molar-refractivity contribution < 1.29 is 22.3 Å². The lowest BCUT2D eigenvalue weighted by atomic mass is 10.2. The van der Waals surface area contributed by atoms with Gasteiger partial charge in [0.2, 0.25) is 15.9 Å². The second-order valence-electron chi connectivity index (χ2n) is 6.42. The van der Waals surface area contributed by atoms with Gasteiger partial charge in [-0.05, 0) is 55.3 Å². The maximum Gasteiger partial charge on any atom is 0.244 e. The smallest absolute Gasteiger partial charge is 0.244 e. The number of aryl methyl sites for hydroxylation is 1. The van der Waals surface area contributed by atoms with Gasteiger partial charge in [-0.15, -0.1) is 0 Å². The third kappa shape index (κ3) is 5.95. The zero-order valence-corrected chi connectivity index (χ0v) is 17.0. The predicted molar refractivity (Wildman–Crippen MR) is 107 cm³/mol. The van der Waals surface area contributed by atoms with Gasteiger partial charge >= 0.3 is 0 Å². The first-order valence-corrected chi connectivity index (χ1v) is 10.8. The SMILES string of the molecule is CC[C@@H](C(=O)NCCOc1cccc(C)c1)N(c1ccc(F)cc1)S(C)(=O)=O. The number of ether oxygens (including phenoxy) is 1. The van der Waals surface area contributed by atoms with Crippen molar-refractivity contribution in [3.63, 3.8) is 0 Å². The number of anilines is 1. The maximum atomic E-state index is 13.2. The summed E-state index contributed by atoms with van der Waals surface area (Å²) in [6, 6.07) is 11.6. The van der Waals surface area contributed by atoms with Gasteiger partial charge in [0.15, 0.2) is 0 Å². The number of hydrogen-bond donors (Lipinski definition) is 1. The van der Waals surface area contributed by atoms with Crippen LogP contribution < -0.4 is 14.4 Å². The Kier molecular flexibility index (Phi) is 7.39. The molecule has 28 heavy (non-hydrogen) atoms. The van der Waals surface area contributed by atoms with E-state index in [4.69, 9.17) is 4.74 Å². The number of rotatable bonds is 9. The Hall–Kier alpha value is -2.61. The summed E-state index contributed by atoms with van der Waals surface area (Å²) in [6.07, 6.45) is 1.28. The van der Waals surface area contributed by atoms with Crippen molar-refractivity contribution in [2.24, 2.45) is 0 Å². The molecule has 0 spiro atoms. The summed E-state index contributed by atoms with van der Waals surface area (Å²) in [7, 11) is -3.75. The molecule has 0 saturated heterocycles. The molecule has 0 aliphatic rings. The molecule has 1 atom stereocenters. The van der Waals surface area contributed by atoms with E-state index >= 15 is 0 Å². The molecule has 0 heterocycles. The van der Waals surface area contributed by atoms with Crippen LogP contribution in [0.2, 0.25) is 0 Å². The van der Waals surface area contributed by atoms with Crippen molar-refractivity contribution >= 4 is 21.6 Å². The van der Waals surface area contributed by atoms with Crippen LogP contribution in [-0.2, 0) is 14.8 Å². The lowest BCUT2D eigenvalue weighted by Gasteiger charge is -2.30. The first kappa shape index (κ1) is 21.7. The highest BCUT2D eigenvalue weighted by atomic mass is 32.2. The fourth-order valence-corrected chi connectivity index (χ4v) is 4.03. The molecule has 8 heteroatoms. The zero-order valence-electron chi connectivity index (χ0n) is 16.2. The molecular weight excluding hydrogens is 383 g/mol. The van der Waals surface area contributed by atoms with E-state index in [2.05, 4.69) is 5.32 Å². The Morgan fingerprint density at radius 2 is 1.89 bits per heavy atom. The Balaban J connectivity index is 2.04. The predicted octanol–water partition coefficient (Wildman–Crippen LogP) is 2.87. The number of hydrogen-bond acceptors (Lipinski definition) is 4. The van der Waals surface area contributed by atoms with E-state index in [0.717, 1.165) is 28.3 Å². The molecule has 6 nitrogen and oxygen atoms in total. The van der Waals surface area contributed by atoms with Crippen LogP contribution in [0.1, 0.15) is 18.9 Å². The molecular formula is C20H25FN2O4S. The largest absolute Gasteiger partial charge is 0.492 e. The highest BCUT2D eigenvalue weighted by molar-refractivity contribution is 7.92. The Morgan fingerprint density at radius 3 is 2.46 bits per heavy atom. The highest BCUT2D eigenvalue weighted by Crippen LogP contribution is 2.22. The summed E-state index contributed by atoms with van der Waals surface area (Å²) in [5.74, 6) is -0.224. The van der Waals surface area contributed by atoms with Crippen LogP contribution in [0.4, 0.5) is 10.1 Å². The van der Waals surface area contributed by atoms with Gasteiger partial charge in [0.25, 0.3) is 0 Å². The van der Waals surface area contributed by atoms with E-state index in [1.165, 1.54) is 12.1 Å². The molecule has 1 N–H and O–H groups in total. The summed E-state index contributed by atoms with van der Waals surface area (Å²) in [6.45, 7) is 4.15. The van der Waals surface area contributed by atoms with Crippen LogP contribution in [-0.4, -0.2) is 39.8 Å². The summed E-state index contributed by atoms with van der Waals surface area (Å²) >= 11 is 0. The van der Waals surface area contributed by atoms with Gasteiger partial charge in [0, 0.05) is 0 Å². The fourth-order valence-electron chi connectivity index (χ4n) is 2.81. The zero-order chi connectivity index (χ0) is 20.7. The van der Waals surface area contributed by atoms with Crippen molar-refractivity contribution in [2.75, 3.05) is 23.7 Å². The average molecular weight is 408 g/mol. The number of carbonyl (C=O) groups excluding carboxylic acids is 1.